The number of carbonyl (C=O) groups excluding carboxylic acids is 1. The first-order valence-corrected chi connectivity index (χ1v) is 6.34. The SMILES string of the molecule is COC(CN)C(=O)NC1C2CCC(C2)C1C(=O)O. The van der Waals surface area contributed by atoms with Gasteiger partial charge in [0.1, 0.15) is 6.10 Å². The maximum absolute atomic E-state index is 11.9. The maximum Gasteiger partial charge on any atom is 0.308 e. The van der Waals surface area contributed by atoms with Crippen LogP contribution in [0, 0.1) is 17.8 Å². The largest absolute Gasteiger partial charge is 0.481 e. The molecule has 4 N–H and O–H groups in total. The van der Waals surface area contributed by atoms with Crippen LogP contribution in [-0.4, -0.2) is 42.8 Å². The van der Waals surface area contributed by atoms with Crippen molar-refractivity contribution in [2.75, 3.05) is 13.7 Å². The highest BCUT2D eigenvalue weighted by atomic mass is 16.5. The third-order valence-electron chi connectivity index (χ3n) is 4.30. The molecule has 5 atom stereocenters. The third-order valence-corrected chi connectivity index (χ3v) is 4.30. The molecular weight excluding hydrogens is 236 g/mol. The van der Waals surface area contributed by atoms with Gasteiger partial charge in [-0.1, -0.05) is 0 Å². The number of fused-ring (bicyclic) bond motifs is 2. The first kappa shape index (κ1) is 13.3. The summed E-state index contributed by atoms with van der Waals surface area (Å²) in [6, 6.07) is -0.266. The molecular formula is C12H20N2O4. The number of methoxy groups -OCH3 is 1. The van der Waals surface area contributed by atoms with E-state index < -0.39 is 18.0 Å². The fourth-order valence-electron chi connectivity index (χ4n) is 3.42. The molecule has 0 saturated heterocycles. The topological polar surface area (TPSA) is 102 Å². The average molecular weight is 256 g/mol. The predicted molar refractivity (Wildman–Crippen MR) is 63.7 cm³/mol. The number of nitrogens with two attached hydrogens (primary N) is 1. The predicted octanol–water partition coefficient (Wildman–Crippen LogP) is -0.424. The summed E-state index contributed by atoms with van der Waals surface area (Å²) in [7, 11) is 1.42. The van der Waals surface area contributed by atoms with Crippen LogP contribution in [0.2, 0.25) is 0 Å². The van der Waals surface area contributed by atoms with Crippen molar-refractivity contribution < 1.29 is 19.4 Å². The van der Waals surface area contributed by atoms with Crippen molar-refractivity contribution in [2.24, 2.45) is 23.5 Å². The van der Waals surface area contributed by atoms with Crippen LogP contribution in [0.25, 0.3) is 0 Å². The molecule has 2 rings (SSSR count). The van der Waals surface area contributed by atoms with E-state index in [1.165, 1.54) is 7.11 Å². The van der Waals surface area contributed by atoms with Crippen LogP contribution in [-0.2, 0) is 14.3 Å². The number of carbonyl (C=O) groups is 2. The van der Waals surface area contributed by atoms with Crippen LogP contribution >= 0.6 is 0 Å². The van der Waals surface area contributed by atoms with Gasteiger partial charge in [-0.2, -0.15) is 0 Å². The van der Waals surface area contributed by atoms with Gasteiger partial charge < -0.3 is 20.9 Å². The molecule has 6 nitrogen and oxygen atoms in total. The Kier molecular flexibility index (Phi) is 3.87. The summed E-state index contributed by atoms with van der Waals surface area (Å²) in [6.45, 7) is 0.0981. The minimum absolute atomic E-state index is 0.0981. The monoisotopic (exact) mass is 256 g/mol. The van der Waals surface area contributed by atoms with Gasteiger partial charge in [0.2, 0.25) is 0 Å². The van der Waals surface area contributed by atoms with Gasteiger partial charge >= 0.3 is 5.97 Å². The molecule has 102 valence electrons. The number of rotatable bonds is 5. The van der Waals surface area contributed by atoms with Gasteiger partial charge in [-0.15, -0.1) is 0 Å². The van der Waals surface area contributed by atoms with E-state index in [0.29, 0.717) is 0 Å². The summed E-state index contributed by atoms with van der Waals surface area (Å²) in [4.78, 5) is 23.2. The van der Waals surface area contributed by atoms with Crippen LogP contribution < -0.4 is 11.1 Å². The molecule has 2 fully saturated rings. The van der Waals surface area contributed by atoms with E-state index in [1.54, 1.807) is 0 Å². The van der Waals surface area contributed by atoms with Gasteiger partial charge in [-0.3, -0.25) is 9.59 Å². The van der Waals surface area contributed by atoms with Crippen LogP contribution in [0.15, 0.2) is 0 Å². The number of carboxylic acids is 1. The molecule has 0 spiro atoms. The smallest absolute Gasteiger partial charge is 0.308 e. The Hall–Kier alpha value is -1.14. The summed E-state index contributed by atoms with van der Waals surface area (Å²) < 4.78 is 4.96. The van der Waals surface area contributed by atoms with Crippen molar-refractivity contribution >= 4 is 11.9 Å². The first-order chi connectivity index (χ1) is 8.58. The summed E-state index contributed by atoms with van der Waals surface area (Å²) in [5.41, 5.74) is 5.43. The molecule has 5 unspecified atom stereocenters. The van der Waals surface area contributed by atoms with E-state index in [2.05, 4.69) is 5.32 Å². The number of amides is 1. The molecule has 2 aliphatic rings. The van der Waals surface area contributed by atoms with Gasteiger partial charge in [-0.25, -0.2) is 0 Å². The Morgan fingerprint density at radius 2 is 2.11 bits per heavy atom. The molecule has 1 amide bonds. The highest BCUT2D eigenvalue weighted by Gasteiger charge is 2.51. The molecule has 18 heavy (non-hydrogen) atoms. The quantitative estimate of drug-likeness (QED) is 0.620. The van der Waals surface area contributed by atoms with Crippen molar-refractivity contribution in [3.05, 3.63) is 0 Å². The second-order valence-electron chi connectivity index (χ2n) is 5.19. The zero-order chi connectivity index (χ0) is 13.3. The van der Waals surface area contributed by atoms with Crippen LogP contribution in [0.5, 0.6) is 0 Å². The lowest BCUT2D eigenvalue weighted by atomic mass is 9.84. The third kappa shape index (κ3) is 2.22. The normalized spacial score (nSPS) is 35.4. The van der Waals surface area contributed by atoms with E-state index in [0.717, 1.165) is 19.3 Å². The Labute approximate surface area is 106 Å². The van der Waals surface area contributed by atoms with E-state index in [1.807, 2.05) is 0 Å². The number of hydrogen-bond donors (Lipinski definition) is 3. The summed E-state index contributed by atoms with van der Waals surface area (Å²) in [5, 5.41) is 12.1. The van der Waals surface area contributed by atoms with Crippen molar-refractivity contribution in [1.82, 2.24) is 5.32 Å². The molecule has 0 aromatic rings. The Morgan fingerprint density at radius 1 is 1.44 bits per heavy atom. The van der Waals surface area contributed by atoms with E-state index in [-0.39, 0.29) is 30.3 Å². The standard InChI is InChI=1S/C12H20N2O4/c1-18-8(5-13)11(15)14-10-7-3-2-6(4-7)9(10)12(16)17/h6-10H,2-5,13H2,1H3,(H,14,15)(H,16,17). The lowest BCUT2D eigenvalue weighted by molar-refractivity contribution is -0.145. The molecule has 2 bridgehead atoms. The van der Waals surface area contributed by atoms with Crippen molar-refractivity contribution in [3.8, 4) is 0 Å². The fraction of sp³-hybridized carbons (Fsp3) is 0.833. The lowest BCUT2D eigenvalue weighted by Crippen LogP contribution is -2.51. The van der Waals surface area contributed by atoms with Gasteiger partial charge in [0.05, 0.1) is 5.92 Å². The minimum atomic E-state index is -0.811. The van der Waals surface area contributed by atoms with Gasteiger partial charge in [0.15, 0.2) is 0 Å². The number of ether oxygens (including phenoxy) is 1. The van der Waals surface area contributed by atoms with Crippen LogP contribution in [0.1, 0.15) is 19.3 Å². The second-order valence-corrected chi connectivity index (χ2v) is 5.19. The Bertz CT molecular complexity index is 343. The van der Waals surface area contributed by atoms with E-state index in [9.17, 15) is 14.7 Å². The molecule has 0 aromatic carbocycles. The molecule has 2 aliphatic carbocycles. The number of aliphatic carboxylic acids is 1. The van der Waals surface area contributed by atoms with Gasteiger partial charge in [-0.05, 0) is 31.1 Å². The molecule has 0 heterocycles. The van der Waals surface area contributed by atoms with Crippen molar-refractivity contribution in [2.45, 2.75) is 31.4 Å². The van der Waals surface area contributed by atoms with E-state index in [4.69, 9.17) is 10.5 Å². The molecule has 6 heteroatoms. The van der Waals surface area contributed by atoms with E-state index >= 15 is 0 Å². The Morgan fingerprint density at radius 3 is 2.67 bits per heavy atom. The highest BCUT2D eigenvalue weighted by Crippen LogP contribution is 2.48. The minimum Gasteiger partial charge on any atom is -0.481 e. The summed E-state index contributed by atoms with van der Waals surface area (Å²) in [6.07, 6.45) is 2.17. The summed E-state index contributed by atoms with van der Waals surface area (Å²) >= 11 is 0. The molecule has 2 saturated carbocycles. The van der Waals surface area contributed by atoms with Crippen molar-refractivity contribution in [3.63, 3.8) is 0 Å². The second kappa shape index (κ2) is 5.24. The fourth-order valence-corrected chi connectivity index (χ4v) is 3.42. The van der Waals surface area contributed by atoms with Crippen molar-refractivity contribution in [1.29, 1.82) is 0 Å². The Balaban J connectivity index is 2.03. The average Bonchev–Trinajstić information content (AvgIpc) is 2.90. The highest BCUT2D eigenvalue weighted by molar-refractivity contribution is 5.82. The zero-order valence-electron chi connectivity index (χ0n) is 10.5. The number of hydrogen-bond acceptors (Lipinski definition) is 4. The number of carboxylic acid groups (broad SMARTS) is 1. The maximum atomic E-state index is 11.9. The number of nitrogens with one attached hydrogen (secondary N) is 1. The zero-order valence-corrected chi connectivity index (χ0v) is 10.5. The lowest BCUT2D eigenvalue weighted by Gasteiger charge is -2.29. The summed E-state index contributed by atoms with van der Waals surface area (Å²) in [5.74, 6) is -1.08. The molecule has 0 aliphatic heterocycles. The molecule has 0 radical (unpaired) electrons. The van der Waals surface area contributed by atoms with Gasteiger partial charge in [0, 0.05) is 19.7 Å². The van der Waals surface area contributed by atoms with Crippen LogP contribution in [0.4, 0.5) is 0 Å². The van der Waals surface area contributed by atoms with Crippen LogP contribution in [0.3, 0.4) is 0 Å². The molecule has 0 aromatic heterocycles. The first-order valence-electron chi connectivity index (χ1n) is 6.34. The van der Waals surface area contributed by atoms with Gasteiger partial charge in [0.25, 0.3) is 5.91 Å².